The Labute approximate surface area is 554 Å². The van der Waals surface area contributed by atoms with Gasteiger partial charge in [0.05, 0.1) is 13.7 Å². The van der Waals surface area contributed by atoms with E-state index in [1.54, 1.807) is 53.7 Å². The van der Waals surface area contributed by atoms with Crippen LogP contribution in [-0.2, 0) is 76.5 Å². The molecular formula is C66H117N11O16. The maximum atomic E-state index is 15.0. The Balaban J connectivity index is 6.86. The highest BCUT2D eigenvalue weighted by atomic mass is 16.6. The third-order valence-corrected chi connectivity index (χ3v) is 16.4. The smallest absolute Gasteiger partial charge is 0.332 e. The van der Waals surface area contributed by atoms with Crippen LogP contribution < -0.4 is 21.7 Å². The van der Waals surface area contributed by atoms with Crippen LogP contribution in [0.25, 0.3) is 0 Å². The van der Waals surface area contributed by atoms with Crippen molar-refractivity contribution in [2.24, 2.45) is 41.2 Å². The molecule has 11 amide bonds. The Morgan fingerprint density at radius 2 is 0.946 bits per heavy atom. The summed E-state index contributed by atoms with van der Waals surface area (Å²) in [6.45, 7) is 26.5. The summed E-state index contributed by atoms with van der Waals surface area (Å²) >= 11 is 0. The molecule has 0 aliphatic heterocycles. The summed E-state index contributed by atoms with van der Waals surface area (Å²) in [7, 11) is 11.2. The first-order chi connectivity index (χ1) is 43.1. The van der Waals surface area contributed by atoms with E-state index in [1.807, 2.05) is 55.4 Å². The quantitative estimate of drug-likeness (QED) is 0.0505. The van der Waals surface area contributed by atoms with E-state index in [0.29, 0.717) is 19.3 Å². The van der Waals surface area contributed by atoms with Gasteiger partial charge in [-0.25, -0.2) is 9.59 Å². The summed E-state index contributed by atoms with van der Waals surface area (Å²) in [6, 6.07) is -10.9. The minimum Gasteiger partial charge on any atom is -0.467 e. The molecule has 0 radical (unpaired) electrons. The number of hydrogen-bond donors (Lipinski definition) is 4. The highest BCUT2D eigenvalue weighted by molar-refractivity contribution is 5.99. The van der Waals surface area contributed by atoms with Gasteiger partial charge in [0.25, 0.3) is 0 Å². The van der Waals surface area contributed by atoms with Gasteiger partial charge < -0.3 is 70.2 Å². The highest BCUT2D eigenvalue weighted by Crippen LogP contribution is 2.26. The van der Waals surface area contributed by atoms with E-state index in [4.69, 9.17) is 15.2 Å². The number of esters is 2. The number of rotatable bonds is 41. The molecule has 0 aromatic carbocycles. The summed E-state index contributed by atoms with van der Waals surface area (Å²) in [4.78, 5) is 188. The number of ether oxygens (including phenoxy) is 3. The van der Waals surface area contributed by atoms with Crippen LogP contribution in [0, 0.1) is 35.5 Å². The summed E-state index contributed by atoms with van der Waals surface area (Å²) in [6.07, 6.45) is 4.57. The molecule has 27 heteroatoms. The van der Waals surface area contributed by atoms with E-state index in [2.05, 4.69) is 20.7 Å². The second kappa shape index (κ2) is 41.5. The molecule has 27 nitrogen and oxygen atoms in total. The van der Waals surface area contributed by atoms with Crippen molar-refractivity contribution in [3.63, 3.8) is 0 Å². The van der Waals surface area contributed by atoms with Crippen LogP contribution in [-0.4, -0.2) is 248 Å². The van der Waals surface area contributed by atoms with E-state index in [-0.39, 0.29) is 62.3 Å². The van der Waals surface area contributed by atoms with Crippen molar-refractivity contribution in [3.8, 4) is 0 Å². The number of nitrogens with zero attached hydrogens (tertiary/aromatic N) is 7. The molecule has 11 atom stereocenters. The minimum atomic E-state index is -1.55. The molecule has 0 bridgehead atoms. The number of methoxy groups -OCH3 is 1. The largest absolute Gasteiger partial charge is 0.467 e. The predicted molar refractivity (Wildman–Crippen MR) is 352 cm³/mol. The van der Waals surface area contributed by atoms with Crippen molar-refractivity contribution in [3.05, 3.63) is 12.2 Å². The van der Waals surface area contributed by atoms with Gasteiger partial charge >= 0.3 is 11.9 Å². The molecule has 5 N–H and O–H groups in total. The average Bonchev–Trinajstić information content (AvgIpc) is 0.819. The van der Waals surface area contributed by atoms with E-state index in [9.17, 15) is 57.5 Å². The lowest BCUT2D eigenvalue weighted by atomic mass is 9.91. The zero-order valence-corrected chi connectivity index (χ0v) is 60.4. The predicted octanol–water partition coefficient (Wildman–Crippen LogP) is 3.14. The number of likely N-dealkylation sites (N-methyl/N-ethyl adjacent to an activating group) is 7. The number of carbonyl (C=O) groups excluding carboxylic acids is 13. The minimum absolute atomic E-state index is 0.116. The highest BCUT2D eigenvalue weighted by Gasteiger charge is 2.46. The van der Waals surface area contributed by atoms with Crippen molar-refractivity contribution in [1.82, 2.24) is 50.2 Å². The SMILES string of the molecule is C/C=C/CC(C)[C@@H](OC(=O)COCC(=O)OC)C(C(N)=O)N(C)C(=O)[C@@H](C(C)C)N(C)C(=O)[C@H](CC(C)C)N(C)C(=O)[C@H](CC(C)C)N(C)C(=O)[C@@H](C)NC(=O)[C@H](C)NC(=O)[C@H](CC(C)C)N(C)C(=O)[C@@H](NC(=O)[C@H](CCC)N(C)C(=O)CN(C)C(=O)CCC)C(C)C. The molecule has 0 rings (SSSR count). The number of nitrogens with two attached hydrogens (primary N) is 1. The van der Waals surface area contributed by atoms with E-state index < -0.39 is 162 Å². The molecule has 0 spiro atoms. The maximum absolute atomic E-state index is 15.0. The summed E-state index contributed by atoms with van der Waals surface area (Å²) < 4.78 is 15.5. The average molecular weight is 1320 g/mol. The third-order valence-electron chi connectivity index (χ3n) is 16.4. The van der Waals surface area contributed by atoms with Crippen molar-refractivity contribution in [2.45, 2.75) is 223 Å². The fraction of sp³-hybridized carbons (Fsp3) is 0.773. The van der Waals surface area contributed by atoms with Gasteiger partial charge in [-0.1, -0.05) is 109 Å². The van der Waals surface area contributed by atoms with Crippen LogP contribution in [0.1, 0.15) is 162 Å². The van der Waals surface area contributed by atoms with Crippen LogP contribution in [0.4, 0.5) is 0 Å². The molecule has 0 fully saturated rings. The normalized spacial score (nSPS) is 15.1. The van der Waals surface area contributed by atoms with Gasteiger partial charge in [0.15, 0.2) is 0 Å². The second-order valence-corrected chi connectivity index (χ2v) is 26.5. The van der Waals surface area contributed by atoms with Gasteiger partial charge in [-0.3, -0.25) is 52.7 Å². The number of allylic oxidation sites excluding steroid dienone is 2. The molecule has 532 valence electrons. The fourth-order valence-corrected chi connectivity index (χ4v) is 10.8. The van der Waals surface area contributed by atoms with Crippen LogP contribution >= 0.6 is 0 Å². The molecule has 2 unspecified atom stereocenters. The first-order valence-corrected chi connectivity index (χ1v) is 32.6. The molecule has 0 aromatic rings. The standard InChI is InChI=1S/C66H117N11O16/c1-25-28-31-43(14)57(93-53(81)37-92-36-52(80)91-24)56(58(67)82)77(23)66(90)55(42(12)13)76(22)64(88)49(34-40(8)9)75(21)63(87)48(33-39(6)7)74(20)62(86)45(16)69-59(83)44(15)68-61(85)47(32-38(4)5)73(19)65(89)54(41(10)11)70-60(84)46(29-26-2)72(18)51(79)35-71(17)50(78)30-27-3/h25,28,38-49,54-57H,26-27,29-37H2,1-24H3,(H2,67,82)(H,68,85)(H,69,83)(H,70,84)/b28-25+/t43?,44-,45+,46-,47-,48-,49-,54-,55+,56?,57+/m0/s1. The van der Waals surface area contributed by atoms with Crippen molar-refractivity contribution >= 4 is 76.9 Å². The third kappa shape index (κ3) is 27.0. The van der Waals surface area contributed by atoms with Crippen molar-refractivity contribution < 1.29 is 76.5 Å². The zero-order chi connectivity index (χ0) is 72.2. The van der Waals surface area contributed by atoms with Crippen molar-refractivity contribution in [2.75, 3.05) is 76.2 Å². The zero-order valence-electron chi connectivity index (χ0n) is 60.4. The molecule has 0 aromatic heterocycles. The molecular weight excluding hydrogens is 1200 g/mol. The van der Waals surface area contributed by atoms with Crippen LogP contribution in [0.5, 0.6) is 0 Å². The first kappa shape index (κ1) is 85.8. The summed E-state index contributed by atoms with van der Waals surface area (Å²) in [5, 5.41) is 8.18. The van der Waals surface area contributed by atoms with Gasteiger partial charge in [-0.2, -0.15) is 0 Å². The lowest BCUT2D eigenvalue weighted by Crippen LogP contribution is -2.62. The molecule has 0 aliphatic rings. The molecule has 0 aliphatic carbocycles. The summed E-state index contributed by atoms with van der Waals surface area (Å²) in [5.41, 5.74) is 5.99. The number of carbonyl (C=O) groups is 13. The number of amides is 11. The van der Waals surface area contributed by atoms with Gasteiger partial charge in [0, 0.05) is 55.8 Å². The molecule has 93 heavy (non-hydrogen) atoms. The Bertz CT molecular complexity index is 2540. The lowest BCUT2D eigenvalue weighted by Gasteiger charge is -2.41. The van der Waals surface area contributed by atoms with Gasteiger partial charge in [0.1, 0.15) is 73.7 Å². The maximum Gasteiger partial charge on any atom is 0.332 e. The molecule has 0 heterocycles. The number of nitrogens with one attached hydrogen (secondary N) is 3. The number of hydrogen-bond acceptors (Lipinski definition) is 16. The summed E-state index contributed by atoms with van der Waals surface area (Å²) in [5.74, 6) is -10.8. The van der Waals surface area contributed by atoms with Gasteiger partial charge in [-0.05, 0) is 94.8 Å². The lowest BCUT2D eigenvalue weighted by molar-refractivity contribution is -0.168. The first-order valence-electron chi connectivity index (χ1n) is 32.6. The van der Waals surface area contributed by atoms with Crippen LogP contribution in [0.15, 0.2) is 12.2 Å². The van der Waals surface area contributed by atoms with E-state index in [1.165, 1.54) is 92.6 Å². The van der Waals surface area contributed by atoms with Crippen LogP contribution in [0.3, 0.4) is 0 Å². The Kier molecular flexibility index (Phi) is 38.3. The number of primary amides is 1. The van der Waals surface area contributed by atoms with Crippen molar-refractivity contribution in [1.29, 1.82) is 0 Å². The molecule has 0 saturated heterocycles. The van der Waals surface area contributed by atoms with E-state index >= 15 is 4.79 Å². The Hall–Kier alpha value is -7.19. The molecule has 0 saturated carbocycles. The monoisotopic (exact) mass is 1320 g/mol. The van der Waals surface area contributed by atoms with Crippen LogP contribution in [0.2, 0.25) is 0 Å². The Morgan fingerprint density at radius 1 is 0.484 bits per heavy atom. The van der Waals surface area contributed by atoms with Gasteiger partial charge in [-0.15, -0.1) is 0 Å². The fourth-order valence-electron chi connectivity index (χ4n) is 10.8. The Morgan fingerprint density at radius 3 is 1.41 bits per heavy atom. The van der Waals surface area contributed by atoms with E-state index in [0.717, 1.165) is 12.0 Å². The second-order valence-electron chi connectivity index (χ2n) is 26.5. The van der Waals surface area contributed by atoms with Gasteiger partial charge in [0.2, 0.25) is 65.0 Å². The topological polar surface area (TPSA) is 334 Å².